The van der Waals surface area contributed by atoms with Gasteiger partial charge in [0.2, 0.25) is 5.91 Å². The van der Waals surface area contributed by atoms with Crippen molar-refractivity contribution in [3.63, 3.8) is 0 Å². The largest absolute Gasteiger partial charge is 0.399 e. The lowest BCUT2D eigenvalue weighted by Crippen LogP contribution is -2.19. The van der Waals surface area contributed by atoms with E-state index >= 15 is 0 Å². The Labute approximate surface area is 191 Å². The number of nitrogens with two attached hydrogens (primary N) is 1. The first-order chi connectivity index (χ1) is 14.6. The van der Waals surface area contributed by atoms with Crippen LogP contribution in [0.3, 0.4) is 0 Å². The highest BCUT2D eigenvalue weighted by atomic mass is 79.9. The van der Waals surface area contributed by atoms with Crippen LogP contribution in [0.25, 0.3) is 11.3 Å². The molecule has 150 valence electrons. The molecule has 1 atom stereocenters. The maximum atomic E-state index is 13.2. The van der Waals surface area contributed by atoms with E-state index in [0.29, 0.717) is 10.8 Å². The summed E-state index contributed by atoms with van der Waals surface area (Å²) in [7, 11) is 0. The fourth-order valence-corrected chi connectivity index (χ4v) is 4.96. The Morgan fingerprint density at radius 3 is 2.53 bits per heavy atom. The zero-order valence-electron chi connectivity index (χ0n) is 15.8. The Kier molecular flexibility index (Phi) is 6.52. The maximum Gasteiger partial charge on any atom is 0.244 e. The molecule has 3 N–H and O–H groups in total. The van der Waals surface area contributed by atoms with Gasteiger partial charge in [0.05, 0.1) is 5.69 Å². The van der Waals surface area contributed by atoms with Gasteiger partial charge in [-0.15, -0.1) is 23.1 Å². The number of benzene rings is 3. The van der Waals surface area contributed by atoms with Crippen LogP contribution in [0.4, 0.5) is 10.8 Å². The van der Waals surface area contributed by atoms with Crippen molar-refractivity contribution in [1.29, 1.82) is 0 Å². The van der Waals surface area contributed by atoms with Gasteiger partial charge in [-0.05, 0) is 35.9 Å². The molecule has 7 heteroatoms. The van der Waals surface area contributed by atoms with Crippen LogP contribution in [0.5, 0.6) is 0 Å². The average Bonchev–Trinajstić information content (AvgIpc) is 3.21. The van der Waals surface area contributed by atoms with Crippen molar-refractivity contribution >= 4 is 55.8 Å². The van der Waals surface area contributed by atoms with Crippen LogP contribution in [0, 0.1) is 0 Å². The molecular formula is C23H18BrN3OS2. The minimum absolute atomic E-state index is 0.120. The second kappa shape index (κ2) is 9.47. The van der Waals surface area contributed by atoms with Crippen molar-refractivity contribution in [3.05, 3.63) is 94.3 Å². The van der Waals surface area contributed by atoms with Crippen LogP contribution in [0.2, 0.25) is 0 Å². The standard InChI is InChI=1S/C23H18BrN3OS2/c24-17-11-9-15(10-12-17)20-14-29-23(26-20)27-22(28)21(16-5-2-1-3-6-16)30-19-8-4-7-18(25)13-19/h1-14,21H,25H2,(H,26,27,28). The fourth-order valence-electron chi connectivity index (χ4n) is 2.88. The van der Waals surface area contributed by atoms with E-state index in [0.717, 1.165) is 26.2 Å². The van der Waals surface area contributed by atoms with E-state index in [4.69, 9.17) is 5.73 Å². The van der Waals surface area contributed by atoms with E-state index in [-0.39, 0.29) is 5.91 Å². The van der Waals surface area contributed by atoms with Crippen LogP contribution >= 0.6 is 39.0 Å². The summed E-state index contributed by atoms with van der Waals surface area (Å²) < 4.78 is 1.01. The number of aromatic nitrogens is 1. The van der Waals surface area contributed by atoms with Crippen molar-refractivity contribution < 1.29 is 4.79 Å². The molecule has 0 saturated carbocycles. The van der Waals surface area contributed by atoms with Gasteiger partial charge in [-0.3, -0.25) is 4.79 Å². The van der Waals surface area contributed by atoms with Crippen LogP contribution in [-0.2, 0) is 4.79 Å². The number of anilines is 2. The Balaban J connectivity index is 1.55. The number of thioether (sulfide) groups is 1. The van der Waals surface area contributed by atoms with E-state index in [1.165, 1.54) is 23.1 Å². The number of amides is 1. The highest BCUT2D eigenvalue weighted by molar-refractivity contribution is 9.10. The smallest absolute Gasteiger partial charge is 0.244 e. The van der Waals surface area contributed by atoms with E-state index in [1.54, 1.807) is 0 Å². The third-order valence-electron chi connectivity index (χ3n) is 4.33. The van der Waals surface area contributed by atoms with Gasteiger partial charge in [-0.25, -0.2) is 4.98 Å². The van der Waals surface area contributed by atoms with Gasteiger partial charge in [0.1, 0.15) is 5.25 Å². The van der Waals surface area contributed by atoms with Gasteiger partial charge < -0.3 is 11.1 Å². The molecule has 0 bridgehead atoms. The minimum Gasteiger partial charge on any atom is -0.399 e. The molecular weight excluding hydrogens is 478 g/mol. The molecule has 0 aliphatic carbocycles. The number of hydrogen-bond donors (Lipinski definition) is 2. The summed E-state index contributed by atoms with van der Waals surface area (Å²) >= 11 is 6.32. The molecule has 0 radical (unpaired) electrons. The van der Waals surface area contributed by atoms with Crippen LogP contribution in [0.15, 0.2) is 93.6 Å². The molecule has 4 aromatic rings. The number of halogens is 1. The SMILES string of the molecule is Nc1cccc(SC(C(=O)Nc2nc(-c3ccc(Br)cc3)cs2)c2ccccc2)c1. The van der Waals surface area contributed by atoms with Crippen molar-refractivity contribution in [2.45, 2.75) is 10.1 Å². The van der Waals surface area contributed by atoms with Crippen molar-refractivity contribution in [3.8, 4) is 11.3 Å². The number of nitrogens with one attached hydrogen (secondary N) is 1. The van der Waals surface area contributed by atoms with Gasteiger partial charge in [0, 0.05) is 26.0 Å². The van der Waals surface area contributed by atoms with Crippen molar-refractivity contribution in [2.75, 3.05) is 11.1 Å². The second-order valence-corrected chi connectivity index (χ2v) is 9.47. The lowest BCUT2D eigenvalue weighted by atomic mass is 10.1. The lowest BCUT2D eigenvalue weighted by Gasteiger charge is -2.16. The molecule has 0 aliphatic heterocycles. The molecule has 3 aromatic carbocycles. The summed E-state index contributed by atoms with van der Waals surface area (Å²) in [6, 6.07) is 25.2. The summed E-state index contributed by atoms with van der Waals surface area (Å²) in [4.78, 5) is 18.7. The van der Waals surface area contributed by atoms with Crippen LogP contribution < -0.4 is 11.1 Å². The number of hydrogen-bond acceptors (Lipinski definition) is 5. The molecule has 30 heavy (non-hydrogen) atoms. The molecule has 1 amide bonds. The van der Waals surface area contributed by atoms with E-state index in [1.807, 2.05) is 84.2 Å². The van der Waals surface area contributed by atoms with E-state index in [2.05, 4.69) is 26.2 Å². The Morgan fingerprint density at radius 1 is 1.03 bits per heavy atom. The Morgan fingerprint density at radius 2 is 1.80 bits per heavy atom. The topological polar surface area (TPSA) is 68.0 Å². The first-order valence-corrected chi connectivity index (χ1v) is 11.7. The maximum absolute atomic E-state index is 13.2. The fraction of sp³-hybridized carbons (Fsp3) is 0.0435. The third-order valence-corrected chi connectivity index (χ3v) is 6.86. The zero-order valence-corrected chi connectivity index (χ0v) is 19.0. The quantitative estimate of drug-likeness (QED) is 0.232. The monoisotopic (exact) mass is 495 g/mol. The van der Waals surface area contributed by atoms with E-state index in [9.17, 15) is 4.79 Å². The number of rotatable bonds is 6. The van der Waals surface area contributed by atoms with E-state index < -0.39 is 5.25 Å². The Bertz CT molecular complexity index is 1150. The lowest BCUT2D eigenvalue weighted by molar-refractivity contribution is -0.115. The van der Waals surface area contributed by atoms with Gasteiger partial charge >= 0.3 is 0 Å². The summed E-state index contributed by atoms with van der Waals surface area (Å²) in [6.07, 6.45) is 0. The van der Waals surface area contributed by atoms with Gasteiger partial charge in [-0.1, -0.05) is 64.5 Å². The first-order valence-electron chi connectivity index (χ1n) is 9.18. The van der Waals surface area contributed by atoms with Crippen LogP contribution in [-0.4, -0.2) is 10.9 Å². The molecule has 1 heterocycles. The molecule has 1 unspecified atom stereocenters. The third kappa shape index (κ3) is 5.11. The number of nitrogens with zero attached hydrogens (tertiary/aromatic N) is 1. The normalized spacial score (nSPS) is 11.8. The van der Waals surface area contributed by atoms with Gasteiger partial charge in [-0.2, -0.15) is 0 Å². The number of nitrogen functional groups attached to an aromatic ring is 1. The molecule has 0 spiro atoms. The summed E-state index contributed by atoms with van der Waals surface area (Å²) in [5.74, 6) is -0.120. The van der Waals surface area contributed by atoms with Gasteiger partial charge in [0.15, 0.2) is 5.13 Å². The number of carbonyl (C=O) groups is 1. The predicted octanol–water partition coefficient (Wildman–Crippen LogP) is 6.63. The molecule has 4 rings (SSSR count). The number of thiazole rings is 1. The molecule has 4 nitrogen and oxygen atoms in total. The second-order valence-electron chi connectivity index (χ2n) is 6.52. The Hall–Kier alpha value is -2.61. The first kappa shape index (κ1) is 20.7. The minimum atomic E-state index is -0.423. The van der Waals surface area contributed by atoms with Gasteiger partial charge in [0.25, 0.3) is 0 Å². The van der Waals surface area contributed by atoms with Crippen molar-refractivity contribution in [1.82, 2.24) is 4.98 Å². The molecule has 0 fully saturated rings. The molecule has 0 aliphatic rings. The summed E-state index contributed by atoms with van der Waals surface area (Å²) in [5.41, 5.74) is 9.35. The van der Waals surface area contributed by atoms with Crippen molar-refractivity contribution in [2.24, 2.45) is 0 Å². The predicted molar refractivity (Wildman–Crippen MR) is 130 cm³/mol. The number of carbonyl (C=O) groups excluding carboxylic acids is 1. The highest BCUT2D eigenvalue weighted by Crippen LogP contribution is 2.37. The zero-order chi connectivity index (χ0) is 20.9. The average molecular weight is 496 g/mol. The van der Waals surface area contributed by atoms with Crippen LogP contribution in [0.1, 0.15) is 10.8 Å². The summed E-state index contributed by atoms with van der Waals surface area (Å²) in [6.45, 7) is 0. The highest BCUT2D eigenvalue weighted by Gasteiger charge is 2.23. The summed E-state index contributed by atoms with van der Waals surface area (Å²) in [5, 5.41) is 5.08. The molecule has 1 aromatic heterocycles. The molecule has 0 saturated heterocycles.